The highest BCUT2D eigenvalue weighted by molar-refractivity contribution is 14.1. The van der Waals surface area contributed by atoms with Gasteiger partial charge in [0, 0.05) is 6.20 Å². The van der Waals surface area contributed by atoms with Gasteiger partial charge in [0.15, 0.2) is 5.82 Å². The predicted octanol–water partition coefficient (Wildman–Crippen LogP) is 0.561. The van der Waals surface area contributed by atoms with Crippen LogP contribution in [0.25, 0.3) is 5.82 Å². The van der Waals surface area contributed by atoms with Gasteiger partial charge in [-0.1, -0.05) is 0 Å². The quantitative estimate of drug-likeness (QED) is 0.485. The highest BCUT2D eigenvalue weighted by atomic mass is 127. The number of hydrazine groups is 1. The van der Waals surface area contributed by atoms with Crippen LogP contribution in [-0.2, 0) is 0 Å². The average molecular weight is 332 g/mol. The fraction of sp³-hybridized carbons (Fsp3) is 0.125. The van der Waals surface area contributed by atoms with Crippen molar-refractivity contribution in [3.8, 4) is 11.6 Å². The molecule has 0 amide bonds. The second-order valence-electron chi connectivity index (χ2n) is 2.83. The van der Waals surface area contributed by atoms with Gasteiger partial charge in [-0.05, 0) is 22.6 Å². The Hall–Kier alpha value is -1.42. The Balaban J connectivity index is 2.56. The number of rotatable bonds is 3. The van der Waals surface area contributed by atoms with Crippen LogP contribution in [0.4, 0.5) is 5.82 Å². The van der Waals surface area contributed by atoms with Crippen LogP contribution in [0.5, 0.6) is 5.75 Å². The van der Waals surface area contributed by atoms with E-state index in [0.29, 0.717) is 17.4 Å². The van der Waals surface area contributed by atoms with Crippen LogP contribution in [-0.4, -0.2) is 26.9 Å². The number of halogens is 1. The highest BCUT2D eigenvalue weighted by Gasteiger charge is 2.13. The summed E-state index contributed by atoms with van der Waals surface area (Å²) in [7, 11) is 1.53. The summed E-state index contributed by atoms with van der Waals surface area (Å²) in [5.41, 5.74) is 2.44. The topological polar surface area (TPSA) is 90.9 Å². The van der Waals surface area contributed by atoms with Crippen LogP contribution in [0.3, 0.4) is 0 Å². The van der Waals surface area contributed by atoms with Crippen LogP contribution in [0.2, 0.25) is 0 Å². The molecule has 0 fully saturated rings. The lowest BCUT2D eigenvalue weighted by Gasteiger charge is -2.10. The van der Waals surface area contributed by atoms with E-state index in [1.54, 1.807) is 10.9 Å². The Morgan fingerprint density at radius 3 is 2.88 bits per heavy atom. The molecule has 84 valence electrons. The molecule has 2 heterocycles. The van der Waals surface area contributed by atoms with Crippen molar-refractivity contribution in [1.29, 1.82) is 0 Å². The maximum Gasteiger partial charge on any atom is 0.207 e. The fourth-order valence-electron chi connectivity index (χ4n) is 1.24. The monoisotopic (exact) mass is 332 g/mol. The minimum Gasteiger partial charge on any atom is -0.490 e. The van der Waals surface area contributed by atoms with Gasteiger partial charge in [-0.15, -0.1) is 0 Å². The molecule has 0 aliphatic carbocycles. The molecule has 0 radical (unpaired) electrons. The van der Waals surface area contributed by atoms with E-state index < -0.39 is 0 Å². The second kappa shape index (κ2) is 4.61. The van der Waals surface area contributed by atoms with Crippen molar-refractivity contribution in [1.82, 2.24) is 19.7 Å². The molecule has 0 bridgehead atoms. The first kappa shape index (κ1) is 11.1. The minimum absolute atomic E-state index is 0.415. The lowest BCUT2D eigenvalue weighted by Crippen LogP contribution is -2.12. The van der Waals surface area contributed by atoms with E-state index in [0.717, 1.165) is 3.57 Å². The van der Waals surface area contributed by atoms with E-state index in [4.69, 9.17) is 10.6 Å². The summed E-state index contributed by atoms with van der Waals surface area (Å²) in [6, 6.07) is 0. The number of nitrogen functional groups attached to an aromatic ring is 1. The zero-order valence-electron chi connectivity index (χ0n) is 8.38. The van der Waals surface area contributed by atoms with Gasteiger partial charge in [-0.3, -0.25) is 0 Å². The largest absolute Gasteiger partial charge is 0.490 e. The summed E-state index contributed by atoms with van der Waals surface area (Å²) in [6.45, 7) is 0. The van der Waals surface area contributed by atoms with E-state index in [9.17, 15) is 0 Å². The van der Waals surface area contributed by atoms with Crippen LogP contribution >= 0.6 is 22.6 Å². The first-order valence-corrected chi connectivity index (χ1v) is 5.40. The summed E-state index contributed by atoms with van der Waals surface area (Å²) in [6.07, 6.45) is 4.94. The minimum atomic E-state index is 0.415. The molecule has 16 heavy (non-hydrogen) atoms. The predicted molar refractivity (Wildman–Crippen MR) is 66.2 cm³/mol. The Morgan fingerprint density at radius 1 is 1.50 bits per heavy atom. The molecule has 0 spiro atoms. The Morgan fingerprint density at radius 2 is 2.31 bits per heavy atom. The Bertz CT molecular complexity index is 499. The third kappa shape index (κ3) is 1.93. The molecular formula is C8H9IN6O. The fourth-order valence-corrected chi connectivity index (χ4v) is 1.62. The number of methoxy groups -OCH3 is 1. The maximum atomic E-state index is 5.33. The molecule has 0 aliphatic rings. The van der Waals surface area contributed by atoms with Crippen molar-refractivity contribution in [3.05, 3.63) is 22.3 Å². The van der Waals surface area contributed by atoms with Gasteiger partial charge in [0.25, 0.3) is 0 Å². The number of ether oxygens (including phenoxy) is 1. The Labute approximate surface area is 105 Å². The number of nitrogens with one attached hydrogen (secondary N) is 1. The summed E-state index contributed by atoms with van der Waals surface area (Å²) in [4.78, 5) is 8.05. The van der Waals surface area contributed by atoms with Crippen molar-refractivity contribution < 1.29 is 4.74 Å². The van der Waals surface area contributed by atoms with Crippen molar-refractivity contribution in [2.75, 3.05) is 12.5 Å². The molecule has 7 nitrogen and oxygen atoms in total. The summed E-state index contributed by atoms with van der Waals surface area (Å²) < 4.78 is 7.80. The SMILES string of the molecule is COc1c(NN)ncnc1-n1cc(I)cn1. The molecule has 2 aromatic heterocycles. The number of nitrogens with zero attached hydrogens (tertiary/aromatic N) is 4. The zero-order chi connectivity index (χ0) is 11.5. The Kier molecular flexibility index (Phi) is 3.19. The van der Waals surface area contributed by atoms with Gasteiger partial charge < -0.3 is 10.2 Å². The maximum absolute atomic E-state index is 5.33. The van der Waals surface area contributed by atoms with Crippen molar-refractivity contribution in [3.63, 3.8) is 0 Å². The van der Waals surface area contributed by atoms with Crippen molar-refractivity contribution in [2.45, 2.75) is 0 Å². The molecule has 0 atom stereocenters. The standard InChI is InChI=1S/C8H9IN6O/c1-16-6-7(14-10)11-4-12-8(6)15-3-5(9)2-13-15/h2-4H,10H2,1H3,(H,11,12,14). The van der Waals surface area contributed by atoms with E-state index in [1.165, 1.54) is 13.4 Å². The molecule has 2 rings (SSSR count). The lowest BCUT2D eigenvalue weighted by atomic mass is 10.4. The van der Waals surface area contributed by atoms with Crippen molar-refractivity contribution in [2.24, 2.45) is 5.84 Å². The summed E-state index contributed by atoms with van der Waals surface area (Å²) in [5, 5.41) is 4.14. The first-order valence-electron chi connectivity index (χ1n) is 4.32. The number of nitrogens with two attached hydrogens (primary N) is 1. The van der Waals surface area contributed by atoms with Gasteiger partial charge in [-0.25, -0.2) is 20.5 Å². The smallest absolute Gasteiger partial charge is 0.207 e. The second-order valence-corrected chi connectivity index (χ2v) is 4.07. The molecule has 0 unspecified atom stereocenters. The third-order valence-corrected chi connectivity index (χ3v) is 2.45. The van der Waals surface area contributed by atoms with E-state index in [2.05, 4.69) is 43.1 Å². The van der Waals surface area contributed by atoms with Crippen LogP contribution in [0, 0.1) is 3.57 Å². The average Bonchev–Trinajstić information content (AvgIpc) is 2.74. The van der Waals surface area contributed by atoms with Gasteiger partial charge in [0.1, 0.15) is 6.33 Å². The third-order valence-electron chi connectivity index (χ3n) is 1.89. The molecular weight excluding hydrogens is 323 g/mol. The van der Waals surface area contributed by atoms with E-state index in [1.807, 2.05) is 6.20 Å². The van der Waals surface area contributed by atoms with E-state index in [-0.39, 0.29) is 0 Å². The van der Waals surface area contributed by atoms with E-state index >= 15 is 0 Å². The van der Waals surface area contributed by atoms with Crippen LogP contribution < -0.4 is 16.0 Å². The summed E-state index contributed by atoms with van der Waals surface area (Å²) >= 11 is 2.16. The van der Waals surface area contributed by atoms with Gasteiger partial charge >= 0.3 is 0 Å². The molecule has 0 aliphatic heterocycles. The molecule has 8 heteroatoms. The van der Waals surface area contributed by atoms with Gasteiger partial charge in [-0.2, -0.15) is 5.10 Å². The first-order chi connectivity index (χ1) is 7.76. The van der Waals surface area contributed by atoms with Crippen LogP contribution in [0.15, 0.2) is 18.7 Å². The number of hydrogen-bond donors (Lipinski definition) is 2. The molecule has 3 N–H and O–H groups in total. The van der Waals surface area contributed by atoms with Gasteiger partial charge in [0.05, 0.1) is 16.9 Å². The molecule has 0 saturated heterocycles. The number of anilines is 1. The lowest BCUT2D eigenvalue weighted by molar-refractivity contribution is 0.409. The highest BCUT2D eigenvalue weighted by Crippen LogP contribution is 2.26. The zero-order valence-corrected chi connectivity index (χ0v) is 10.5. The number of aromatic nitrogens is 4. The van der Waals surface area contributed by atoms with Crippen molar-refractivity contribution >= 4 is 28.4 Å². The van der Waals surface area contributed by atoms with Gasteiger partial charge in [0.2, 0.25) is 11.6 Å². The molecule has 0 saturated carbocycles. The molecule has 2 aromatic rings. The number of hydrogen-bond acceptors (Lipinski definition) is 6. The summed E-state index contributed by atoms with van der Waals surface area (Å²) in [5.74, 6) is 6.73. The van der Waals surface area contributed by atoms with Crippen LogP contribution in [0.1, 0.15) is 0 Å². The molecule has 0 aromatic carbocycles. The normalized spacial score (nSPS) is 10.2.